The van der Waals surface area contributed by atoms with Crippen molar-refractivity contribution in [2.24, 2.45) is 0 Å². The van der Waals surface area contributed by atoms with Crippen LogP contribution in [0.3, 0.4) is 0 Å². The largest absolute Gasteiger partial charge is 0.392 e. The van der Waals surface area contributed by atoms with E-state index in [1.54, 1.807) is 0 Å². The first-order chi connectivity index (χ1) is 6.20. The third kappa shape index (κ3) is 8.62. The molecule has 0 bridgehead atoms. The van der Waals surface area contributed by atoms with E-state index in [1.807, 2.05) is 0 Å². The van der Waals surface area contributed by atoms with Gasteiger partial charge in [-0.3, -0.25) is 9.46 Å². The van der Waals surface area contributed by atoms with Crippen LogP contribution in [0.5, 0.6) is 0 Å². The molecule has 4 N–H and O–H groups in total. The smallest absolute Gasteiger partial charge is 0.339 e. The fourth-order valence-electron chi connectivity index (χ4n) is 1.20. The molecule has 0 aliphatic carbocycles. The first kappa shape index (κ1) is 14.0. The van der Waals surface area contributed by atoms with E-state index in [1.165, 1.54) is 18.7 Å². The summed E-state index contributed by atoms with van der Waals surface area (Å²) >= 11 is 0. The Bertz CT molecular complexity index is 192. The van der Waals surface area contributed by atoms with E-state index in [9.17, 15) is 4.57 Å². The Balaban J connectivity index is 4.18. The highest BCUT2D eigenvalue weighted by molar-refractivity contribution is 7.51. The second-order valence-corrected chi connectivity index (χ2v) is 5.15. The van der Waals surface area contributed by atoms with Gasteiger partial charge in [0, 0.05) is 13.1 Å². The molecule has 0 aromatic rings. The highest BCUT2D eigenvalue weighted by Gasteiger charge is 2.21. The molecule has 7 heteroatoms. The molecule has 0 aliphatic heterocycles. The van der Waals surface area contributed by atoms with Gasteiger partial charge in [-0.2, -0.15) is 0 Å². The van der Waals surface area contributed by atoms with Gasteiger partial charge in [0.05, 0.1) is 12.2 Å². The maximum atomic E-state index is 10.7. The summed E-state index contributed by atoms with van der Waals surface area (Å²) in [5.41, 5.74) is 0. The van der Waals surface area contributed by atoms with Crippen molar-refractivity contribution in [1.82, 2.24) is 4.90 Å². The van der Waals surface area contributed by atoms with Crippen LogP contribution in [0.4, 0.5) is 0 Å². The maximum absolute atomic E-state index is 10.7. The van der Waals surface area contributed by atoms with Crippen molar-refractivity contribution < 1.29 is 24.6 Å². The molecule has 6 nitrogen and oxygen atoms in total. The molecule has 0 saturated heterocycles. The summed E-state index contributed by atoms with van der Waals surface area (Å²) in [5.74, 6) is 0. The van der Waals surface area contributed by atoms with Crippen molar-refractivity contribution in [2.45, 2.75) is 26.1 Å². The first-order valence-electron chi connectivity index (χ1n) is 4.34. The molecule has 0 rings (SSSR count). The van der Waals surface area contributed by atoms with Crippen LogP contribution in [0, 0.1) is 0 Å². The average molecular weight is 227 g/mol. The fourth-order valence-corrected chi connectivity index (χ4v) is 1.95. The number of hydrogen-bond donors (Lipinski definition) is 4. The number of nitrogens with zero attached hydrogens (tertiary/aromatic N) is 1. The minimum absolute atomic E-state index is 0.135. The van der Waals surface area contributed by atoms with Gasteiger partial charge in [0.2, 0.25) is 0 Å². The van der Waals surface area contributed by atoms with Gasteiger partial charge in [-0.05, 0) is 13.8 Å². The zero-order valence-corrected chi connectivity index (χ0v) is 9.26. The van der Waals surface area contributed by atoms with Crippen LogP contribution in [0.25, 0.3) is 0 Å². The second-order valence-electron chi connectivity index (χ2n) is 3.54. The van der Waals surface area contributed by atoms with Gasteiger partial charge in [-0.25, -0.2) is 0 Å². The van der Waals surface area contributed by atoms with Gasteiger partial charge in [-0.15, -0.1) is 0 Å². The fraction of sp³-hybridized carbons (Fsp3) is 1.00. The summed E-state index contributed by atoms with van der Waals surface area (Å²) in [5, 5.41) is 18.1. The van der Waals surface area contributed by atoms with Crippen molar-refractivity contribution in [3.05, 3.63) is 0 Å². The predicted octanol–water partition coefficient (Wildman–Crippen LogP) is -0.815. The Morgan fingerprint density at radius 2 is 1.50 bits per heavy atom. The van der Waals surface area contributed by atoms with E-state index in [-0.39, 0.29) is 13.1 Å². The Morgan fingerprint density at radius 1 is 1.14 bits per heavy atom. The summed E-state index contributed by atoms with van der Waals surface area (Å²) in [6, 6.07) is 0. The SMILES string of the molecule is CC(O)CN(CC(C)O)CP(=O)(O)O. The van der Waals surface area contributed by atoms with Crippen LogP contribution < -0.4 is 0 Å². The van der Waals surface area contributed by atoms with Crippen LogP contribution >= 0.6 is 7.60 Å². The Kier molecular flexibility index (Phi) is 5.81. The van der Waals surface area contributed by atoms with Crippen molar-refractivity contribution >= 4 is 7.60 Å². The number of hydrogen-bond acceptors (Lipinski definition) is 4. The van der Waals surface area contributed by atoms with Crippen LogP contribution in [-0.4, -0.2) is 56.5 Å². The monoisotopic (exact) mass is 227 g/mol. The summed E-state index contributed by atoms with van der Waals surface area (Å²) in [6.07, 6.45) is -1.80. The van der Waals surface area contributed by atoms with Crippen LogP contribution in [0.15, 0.2) is 0 Å². The minimum Gasteiger partial charge on any atom is -0.392 e. The summed E-state index contributed by atoms with van der Waals surface area (Å²) in [4.78, 5) is 18.8. The molecule has 0 saturated carbocycles. The van der Waals surface area contributed by atoms with Gasteiger partial charge in [0.1, 0.15) is 6.29 Å². The molecule has 14 heavy (non-hydrogen) atoms. The predicted molar refractivity (Wildman–Crippen MR) is 51.8 cm³/mol. The van der Waals surface area contributed by atoms with E-state index >= 15 is 0 Å². The maximum Gasteiger partial charge on any atom is 0.339 e. The quantitative estimate of drug-likeness (QED) is 0.442. The molecule has 0 radical (unpaired) electrons. The lowest BCUT2D eigenvalue weighted by Gasteiger charge is -2.24. The normalized spacial score (nSPS) is 17.1. The molecule has 0 aliphatic rings. The van der Waals surface area contributed by atoms with Crippen LogP contribution in [-0.2, 0) is 4.57 Å². The Morgan fingerprint density at radius 3 is 1.71 bits per heavy atom. The zero-order chi connectivity index (χ0) is 11.4. The minimum atomic E-state index is -4.13. The standard InChI is InChI=1S/C7H18NO5P/c1-6(9)3-8(4-7(2)10)5-14(11,12)13/h6-7,9-10H,3-5H2,1-2H3,(H2,11,12,13). The van der Waals surface area contributed by atoms with E-state index in [4.69, 9.17) is 20.0 Å². The number of aliphatic hydroxyl groups excluding tert-OH is 2. The average Bonchev–Trinajstić information content (AvgIpc) is 1.77. The lowest BCUT2D eigenvalue weighted by molar-refractivity contribution is 0.0910. The highest BCUT2D eigenvalue weighted by atomic mass is 31.2. The third-order valence-corrected chi connectivity index (χ3v) is 2.20. The highest BCUT2D eigenvalue weighted by Crippen LogP contribution is 2.35. The molecule has 0 fully saturated rings. The number of rotatable bonds is 6. The van der Waals surface area contributed by atoms with Crippen LogP contribution in [0.2, 0.25) is 0 Å². The molecule has 86 valence electrons. The van der Waals surface area contributed by atoms with Gasteiger partial charge >= 0.3 is 7.60 Å². The second kappa shape index (κ2) is 5.80. The molecular weight excluding hydrogens is 209 g/mol. The summed E-state index contributed by atoms with van der Waals surface area (Å²) in [6.45, 7) is 3.31. The molecule has 0 aromatic heterocycles. The number of aliphatic hydroxyl groups is 2. The molecule has 2 atom stereocenters. The van der Waals surface area contributed by atoms with Crippen molar-refractivity contribution in [3.8, 4) is 0 Å². The molecule has 2 unspecified atom stereocenters. The van der Waals surface area contributed by atoms with Gasteiger partial charge in [0.25, 0.3) is 0 Å². The zero-order valence-electron chi connectivity index (χ0n) is 8.37. The molecular formula is C7H18NO5P. The lowest BCUT2D eigenvalue weighted by Crippen LogP contribution is -2.36. The Hall–Kier alpha value is 0.0300. The van der Waals surface area contributed by atoms with Crippen LogP contribution in [0.1, 0.15) is 13.8 Å². The topological polar surface area (TPSA) is 101 Å². The molecule has 0 aromatic carbocycles. The van der Waals surface area contributed by atoms with Gasteiger partial charge < -0.3 is 20.0 Å². The first-order valence-corrected chi connectivity index (χ1v) is 6.13. The van der Waals surface area contributed by atoms with Crippen molar-refractivity contribution in [1.29, 1.82) is 0 Å². The van der Waals surface area contributed by atoms with E-state index < -0.39 is 26.1 Å². The molecule has 0 heterocycles. The summed E-state index contributed by atoms with van der Waals surface area (Å²) < 4.78 is 10.7. The van der Waals surface area contributed by atoms with Crippen molar-refractivity contribution in [3.63, 3.8) is 0 Å². The van der Waals surface area contributed by atoms with E-state index in [0.717, 1.165) is 0 Å². The van der Waals surface area contributed by atoms with Gasteiger partial charge in [0.15, 0.2) is 0 Å². The molecule has 0 spiro atoms. The van der Waals surface area contributed by atoms with Crippen molar-refractivity contribution in [2.75, 3.05) is 19.4 Å². The Labute approximate surface area is 83.3 Å². The van der Waals surface area contributed by atoms with E-state index in [2.05, 4.69) is 0 Å². The lowest BCUT2D eigenvalue weighted by atomic mass is 10.3. The molecule has 0 amide bonds. The van der Waals surface area contributed by atoms with E-state index in [0.29, 0.717) is 0 Å². The third-order valence-electron chi connectivity index (χ3n) is 1.43. The van der Waals surface area contributed by atoms with Gasteiger partial charge in [-0.1, -0.05) is 0 Å². The summed E-state index contributed by atoms with van der Waals surface area (Å²) in [7, 11) is -4.13.